The maximum absolute atomic E-state index is 13.1. The second-order valence-corrected chi connectivity index (χ2v) is 9.83. The lowest BCUT2D eigenvalue weighted by atomic mass is 9.98. The first kappa shape index (κ1) is 30.0. The molecule has 2 aliphatic heterocycles. The summed E-state index contributed by atoms with van der Waals surface area (Å²) in [6.07, 6.45) is -14.8. The average Bonchev–Trinajstić information content (AvgIpc) is 2.97. The zero-order valence-electron chi connectivity index (χ0n) is 22.0. The molecule has 0 radical (unpaired) electrons. The van der Waals surface area contributed by atoms with E-state index < -0.39 is 85.4 Å². The van der Waals surface area contributed by atoms with Crippen LogP contribution in [0.5, 0.6) is 23.0 Å². The minimum absolute atomic E-state index is 0.00890. The van der Waals surface area contributed by atoms with Gasteiger partial charge in [-0.05, 0) is 24.3 Å². The number of aliphatic hydroxyl groups excluding tert-OH is 6. The van der Waals surface area contributed by atoms with Gasteiger partial charge in [0.05, 0.1) is 20.3 Å². The maximum atomic E-state index is 13.1. The van der Waals surface area contributed by atoms with Crippen LogP contribution in [0.25, 0.3) is 22.3 Å². The van der Waals surface area contributed by atoms with Gasteiger partial charge >= 0.3 is 0 Å². The molecule has 0 unspecified atom stereocenters. The Morgan fingerprint density at radius 2 is 1.64 bits per heavy atom. The van der Waals surface area contributed by atoms with Gasteiger partial charge in [-0.15, -0.1) is 0 Å². The fourth-order valence-corrected chi connectivity index (χ4v) is 4.76. The Labute approximate surface area is 236 Å². The smallest absolute Gasteiger partial charge is 0.230 e. The van der Waals surface area contributed by atoms with Gasteiger partial charge in [0.1, 0.15) is 59.1 Å². The Hall–Kier alpha value is -3.51. The zero-order valence-corrected chi connectivity index (χ0v) is 22.0. The van der Waals surface area contributed by atoms with Crippen LogP contribution in [0.1, 0.15) is 0 Å². The average molecular weight is 595 g/mol. The lowest BCUT2D eigenvalue weighted by molar-refractivity contribution is -0.345. The molecule has 3 heterocycles. The minimum Gasteiger partial charge on any atom is -0.508 e. The summed E-state index contributed by atoms with van der Waals surface area (Å²) in [5.74, 6) is -1.19. The number of methoxy groups -OCH3 is 1. The van der Waals surface area contributed by atoms with Gasteiger partial charge < -0.3 is 69.0 Å². The van der Waals surface area contributed by atoms with Crippen LogP contribution >= 0.6 is 0 Å². The van der Waals surface area contributed by atoms with Gasteiger partial charge in [-0.25, -0.2) is 0 Å². The molecule has 15 nitrogen and oxygen atoms in total. The molecule has 15 heteroatoms. The third kappa shape index (κ3) is 5.49. The van der Waals surface area contributed by atoms with E-state index >= 15 is 0 Å². The molecule has 1 aromatic heterocycles. The van der Waals surface area contributed by atoms with Crippen molar-refractivity contribution in [3.8, 4) is 34.3 Å². The van der Waals surface area contributed by atoms with E-state index in [0.29, 0.717) is 5.56 Å². The Bertz CT molecular complexity index is 1460. The SMILES string of the molecule is COc1cc2oc(-c3ccc(O)cc3)cc(=O)c2c(O)c1O[C@@H]1O[C@H](CO)[C@@H](O)[C@H](O)[C@H]1O[C@@H]1OC[C@H](O)[C@H](O)[C@H]1O. The standard InChI is InChI=1S/C27H30O15/c1-37-16-7-15-18(12(30)6-14(39-15)10-2-4-11(29)5-3-10)21(34)24(16)41-27-25(22(35)20(33)17(8-28)40-27)42-26-23(36)19(32)13(31)9-38-26/h2-7,13,17,19-20,22-23,25-29,31-36H,8-9H2,1H3/t13-,17+,19-,20+,22-,23+,25+,26-,27-/m0/s1. The molecular weight excluding hydrogens is 564 g/mol. The summed E-state index contributed by atoms with van der Waals surface area (Å²) >= 11 is 0. The molecule has 42 heavy (non-hydrogen) atoms. The molecule has 0 saturated carbocycles. The second kappa shape index (κ2) is 12.0. The second-order valence-electron chi connectivity index (χ2n) is 9.83. The summed E-state index contributed by atoms with van der Waals surface area (Å²) in [4.78, 5) is 13.1. The minimum atomic E-state index is -1.81. The number of fused-ring (bicyclic) bond motifs is 1. The summed E-state index contributed by atoms with van der Waals surface area (Å²) in [6.45, 7) is -1.19. The molecule has 0 amide bonds. The highest BCUT2D eigenvalue weighted by atomic mass is 16.8. The van der Waals surface area contributed by atoms with Crippen LogP contribution in [0.15, 0.2) is 45.6 Å². The molecule has 2 aliphatic rings. The Morgan fingerprint density at radius 3 is 2.31 bits per heavy atom. The Morgan fingerprint density at radius 1 is 0.929 bits per heavy atom. The normalized spacial score (nSPS) is 31.6. The monoisotopic (exact) mass is 594 g/mol. The van der Waals surface area contributed by atoms with E-state index in [-0.39, 0.29) is 28.2 Å². The van der Waals surface area contributed by atoms with Gasteiger partial charge in [-0.3, -0.25) is 4.79 Å². The topological polar surface area (TPSA) is 238 Å². The number of aromatic hydroxyl groups is 2. The van der Waals surface area contributed by atoms with Gasteiger partial charge in [0, 0.05) is 17.7 Å². The predicted molar refractivity (Wildman–Crippen MR) is 139 cm³/mol. The van der Waals surface area contributed by atoms with Crippen LogP contribution in [0, 0.1) is 0 Å². The van der Waals surface area contributed by atoms with Crippen molar-refractivity contribution in [3.63, 3.8) is 0 Å². The van der Waals surface area contributed by atoms with Crippen LogP contribution in [0.3, 0.4) is 0 Å². The quantitative estimate of drug-likeness (QED) is 0.156. The summed E-state index contributed by atoms with van der Waals surface area (Å²) in [7, 11) is 1.24. The highest BCUT2D eigenvalue weighted by Gasteiger charge is 2.50. The summed E-state index contributed by atoms with van der Waals surface area (Å²) < 4.78 is 33.4. The molecular formula is C27H30O15. The van der Waals surface area contributed by atoms with Crippen molar-refractivity contribution in [1.29, 1.82) is 0 Å². The summed E-state index contributed by atoms with van der Waals surface area (Å²) in [6, 6.07) is 8.24. The van der Waals surface area contributed by atoms with Crippen molar-refractivity contribution < 1.29 is 69.0 Å². The van der Waals surface area contributed by atoms with Gasteiger partial charge in [0.2, 0.25) is 12.0 Å². The van der Waals surface area contributed by atoms with Crippen molar-refractivity contribution in [2.45, 2.75) is 55.3 Å². The van der Waals surface area contributed by atoms with E-state index in [9.17, 15) is 45.6 Å². The number of aliphatic hydroxyl groups is 6. The van der Waals surface area contributed by atoms with E-state index in [1.54, 1.807) is 0 Å². The lowest BCUT2D eigenvalue weighted by Crippen LogP contribution is -2.63. The third-order valence-electron chi connectivity index (χ3n) is 7.09. The molecule has 0 spiro atoms. The number of hydrogen-bond donors (Lipinski definition) is 8. The van der Waals surface area contributed by atoms with Crippen molar-refractivity contribution in [3.05, 3.63) is 46.6 Å². The summed E-state index contributed by atoms with van der Waals surface area (Å²) in [5.41, 5.74) is -0.287. The van der Waals surface area contributed by atoms with Gasteiger partial charge in [0.15, 0.2) is 29.3 Å². The van der Waals surface area contributed by atoms with E-state index in [1.807, 2.05) is 0 Å². The first-order valence-corrected chi connectivity index (χ1v) is 12.8. The zero-order chi connectivity index (χ0) is 30.3. The molecule has 228 valence electrons. The summed E-state index contributed by atoms with van der Waals surface area (Å²) in [5, 5.41) is 81.4. The van der Waals surface area contributed by atoms with Crippen LogP contribution in [-0.4, -0.2) is 116 Å². The van der Waals surface area contributed by atoms with E-state index in [4.69, 9.17) is 28.1 Å². The Kier molecular flexibility index (Phi) is 8.56. The lowest BCUT2D eigenvalue weighted by Gasteiger charge is -2.44. The molecule has 2 fully saturated rings. The van der Waals surface area contributed by atoms with Crippen molar-refractivity contribution in [2.24, 2.45) is 0 Å². The Balaban J connectivity index is 1.52. The van der Waals surface area contributed by atoms with Crippen LogP contribution in [0.2, 0.25) is 0 Å². The molecule has 0 bridgehead atoms. The maximum Gasteiger partial charge on any atom is 0.230 e. The molecule has 9 atom stereocenters. The number of hydrogen-bond acceptors (Lipinski definition) is 15. The van der Waals surface area contributed by atoms with Crippen molar-refractivity contribution in [2.75, 3.05) is 20.3 Å². The van der Waals surface area contributed by atoms with Gasteiger partial charge in [0.25, 0.3) is 0 Å². The number of benzene rings is 2. The molecule has 3 aromatic rings. The molecule has 8 N–H and O–H groups in total. The first-order chi connectivity index (χ1) is 20.0. The predicted octanol–water partition coefficient (Wildman–Crippen LogP) is -1.48. The number of ether oxygens (including phenoxy) is 5. The van der Waals surface area contributed by atoms with Crippen molar-refractivity contribution >= 4 is 11.0 Å². The molecule has 2 saturated heterocycles. The van der Waals surface area contributed by atoms with Gasteiger partial charge in [-0.2, -0.15) is 0 Å². The highest BCUT2D eigenvalue weighted by molar-refractivity contribution is 5.89. The van der Waals surface area contributed by atoms with E-state index in [2.05, 4.69) is 0 Å². The number of phenolic OH excluding ortho intramolecular Hbond substituents is 2. The van der Waals surface area contributed by atoms with Crippen LogP contribution in [-0.2, 0) is 14.2 Å². The van der Waals surface area contributed by atoms with Crippen LogP contribution in [0.4, 0.5) is 0 Å². The number of rotatable bonds is 7. The molecule has 2 aromatic carbocycles. The fraction of sp³-hybridized carbons (Fsp3) is 0.444. The third-order valence-corrected chi connectivity index (χ3v) is 7.09. The number of phenols is 2. The fourth-order valence-electron chi connectivity index (χ4n) is 4.76. The first-order valence-electron chi connectivity index (χ1n) is 12.8. The van der Waals surface area contributed by atoms with Gasteiger partial charge in [-0.1, -0.05) is 0 Å². The van der Waals surface area contributed by atoms with E-state index in [0.717, 1.165) is 6.07 Å². The van der Waals surface area contributed by atoms with Crippen LogP contribution < -0.4 is 14.9 Å². The van der Waals surface area contributed by atoms with E-state index in [1.165, 1.54) is 37.4 Å². The van der Waals surface area contributed by atoms with Crippen molar-refractivity contribution in [1.82, 2.24) is 0 Å². The molecule has 0 aliphatic carbocycles. The molecule has 5 rings (SSSR count). The largest absolute Gasteiger partial charge is 0.508 e. The highest BCUT2D eigenvalue weighted by Crippen LogP contribution is 2.44.